The summed E-state index contributed by atoms with van der Waals surface area (Å²) in [5.41, 5.74) is 2.76. The summed E-state index contributed by atoms with van der Waals surface area (Å²) in [7, 11) is 0. The third-order valence-electron chi connectivity index (χ3n) is 2.92. The van der Waals surface area contributed by atoms with Crippen LogP contribution in [0.5, 0.6) is 0 Å². The number of halogens is 1. The van der Waals surface area contributed by atoms with E-state index in [1.807, 2.05) is 0 Å². The molecule has 0 spiro atoms. The van der Waals surface area contributed by atoms with Gasteiger partial charge in [0.25, 0.3) is 0 Å². The zero-order chi connectivity index (χ0) is 11.8. The number of benzene rings is 1. The summed E-state index contributed by atoms with van der Waals surface area (Å²) in [6, 6.07) is 8.86. The predicted molar refractivity (Wildman–Crippen MR) is 68.9 cm³/mol. The van der Waals surface area contributed by atoms with Crippen LogP contribution < -0.4 is 0 Å². The van der Waals surface area contributed by atoms with Gasteiger partial charge in [0.15, 0.2) is 0 Å². The zero-order valence-electron chi connectivity index (χ0n) is 9.79. The first-order valence-electron chi connectivity index (χ1n) is 5.74. The molecule has 3 heteroatoms. The van der Waals surface area contributed by atoms with Gasteiger partial charge in [-0.15, -0.1) is 0 Å². The Labute approximate surface area is 116 Å². The first kappa shape index (κ1) is 14.3. The van der Waals surface area contributed by atoms with Gasteiger partial charge in [-0.1, -0.05) is 29.8 Å². The molecule has 0 radical (unpaired) electrons. The molecule has 0 saturated carbocycles. The van der Waals surface area contributed by atoms with Crippen molar-refractivity contribution >= 4 is 13.6 Å². The molecule has 2 rings (SSSR count). The Balaban J connectivity index is 0.000000606. The molecule has 1 aromatic rings. The van der Waals surface area contributed by atoms with E-state index in [4.69, 9.17) is 0 Å². The fourth-order valence-electron chi connectivity index (χ4n) is 2.01. The Hall–Kier alpha value is 0.283. The molecule has 1 saturated heterocycles. The quantitative estimate of drug-likeness (QED) is 0.604. The van der Waals surface area contributed by atoms with E-state index in [1.54, 1.807) is 0 Å². The summed E-state index contributed by atoms with van der Waals surface area (Å²) in [5, 5.41) is 0. The standard InChI is InChI=1S/C13H18N.BrH.Zn/c1-2-12-5-7-13(8-6-12)11-14-9-3-4-10-14;;/h5-8H,1-4,9-11H2;1H;/q-1;;+2/p-1. The Morgan fingerprint density at radius 1 is 1.06 bits per heavy atom. The molecule has 1 aliphatic rings. The second-order valence-corrected chi connectivity index (χ2v) is 4.05. The van der Waals surface area contributed by atoms with Gasteiger partial charge in [0, 0.05) is 6.54 Å². The van der Waals surface area contributed by atoms with Crippen LogP contribution in [0.3, 0.4) is 0 Å². The first-order chi connectivity index (χ1) is 7.88. The van der Waals surface area contributed by atoms with Crippen LogP contribution in [0.25, 0.3) is 0 Å². The predicted octanol–water partition coefficient (Wildman–Crippen LogP) is 3.50. The maximum atomic E-state index is 3.88. The summed E-state index contributed by atoms with van der Waals surface area (Å²) >= 11 is 4.25. The van der Waals surface area contributed by atoms with Gasteiger partial charge < -0.3 is 6.92 Å². The topological polar surface area (TPSA) is 3.24 Å². The number of hydrogen-bond donors (Lipinski definition) is 0. The van der Waals surface area contributed by atoms with Crippen LogP contribution in [-0.4, -0.2) is 18.0 Å². The van der Waals surface area contributed by atoms with Gasteiger partial charge in [0.2, 0.25) is 0 Å². The van der Waals surface area contributed by atoms with Crippen molar-refractivity contribution in [2.45, 2.75) is 25.8 Å². The minimum absolute atomic E-state index is 0.893. The van der Waals surface area contributed by atoms with E-state index in [-0.39, 0.29) is 0 Å². The number of likely N-dealkylation sites (tertiary alicyclic amines) is 1. The number of rotatable bonds is 3. The van der Waals surface area contributed by atoms with Gasteiger partial charge in [0.05, 0.1) is 0 Å². The summed E-state index contributed by atoms with van der Waals surface area (Å²) in [4.78, 5) is 2.53. The van der Waals surface area contributed by atoms with Crippen LogP contribution in [0.15, 0.2) is 24.3 Å². The monoisotopic (exact) mass is 331 g/mol. The Kier molecular flexibility index (Phi) is 7.52. The summed E-state index contributed by atoms with van der Waals surface area (Å²) in [6.45, 7) is 7.55. The van der Waals surface area contributed by atoms with E-state index in [9.17, 15) is 0 Å². The fourth-order valence-corrected chi connectivity index (χ4v) is 2.01. The zero-order valence-corrected chi connectivity index (χ0v) is 14.3. The Morgan fingerprint density at radius 3 is 2.06 bits per heavy atom. The summed E-state index contributed by atoms with van der Waals surface area (Å²) < 4.78 is 0. The van der Waals surface area contributed by atoms with E-state index in [0.29, 0.717) is 0 Å². The molecule has 1 fully saturated rings. The molecule has 1 aromatic carbocycles. The van der Waals surface area contributed by atoms with Crippen molar-refractivity contribution in [3.63, 3.8) is 0 Å². The van der Waals surface area contributed by atoms with Crippen LogP contribution in [0, 0.1) is 6.92 Å². The molecule has 0 atom stereocenters. The molecular formula is C13H18BrNZn. The second kappa shape index (κ2) is 8.39. The Bertz CT molecular complexity index is 280. The molecule has 84 valence electrons. The van der Waals surface area contributed by atoms with Gasteiger partial charge in [-0.3, -0.25) is 4.90 Å². The molecule has 0 aliphatic carbocycles. The molecule has 0 amide bonds. The number of hydrogen-bond acceptors (Lipinski definition) is 1. The van der Waals surface area contributed by atoms with Crippen LogP contribution >= 0.6 is 13.6 Å². The van der Waals surface area contributed by atoms with Gasteiger partial charge >= 0.3 is 30.0 Å². The molecule has 0 bridgehead atoms. The van der Waals surface area contributed by atoms with Crippen molar-refractivity contribution < 1.29 is 16.3 Å². The van der Waals surface area contributed by atoms with Gasteiger partial charge in [-0.25, -0.2) is 0 Å². The van der Waals surface area contributed by atoms with E-state index < -0.39 is 0 Å². The van der Waals surface area contributed by atoms with Gasteiger partial charge in [-0.2, -0.15) is 6.42 Å². The average Bonchev–Trinajstić information content (AvgIpc) is 2.86. The Morgan fingerprint density at radius 2 is 1.56 bits per heavy atom. The first-order valence-corrected chi connectivity index (χ1v) is 12.7. The van der Waals surface area contributed by atoms with E-state index >= 15 is 0 Å². The van der Waals surface area contributed by atoms with Crippen molar-refractivity contribution in [2.75, 3.05) is 13.1 Å². The average molecular weight is 334 g/mol. The van der Waals surface area contributed by atoms with E-state index in [0.717, 1.165) is 13.0 Å². The molecular weight excluding hydrogens is 315 g/mol. The van der Waals surface area contributed by atoms with Crippen LogP contribution in [0.4, 0.5) is 0 Å². The third-order valence-corrected chi connectivity index (χ3v) is 2.92. The molecule has 1 aliphatic heterocycles. The van der Waals surface area contributed by atoms with E-state index in [1.165, 1.54) is 53.4 Å². The van der Waals surface area contributed by atoms with Crippen molar-refractivity contribution in [3.8, 4) is 0 Å². The normalized spacial score (nSPS) is 15.8. The minimum atomic E-state index is 0.893. The molecule has 1 heterocycles. The van der Waals surface area contributed by atoms with Crippen molar-refractivity contribution in [1.82, 2.24) is 4.90 Å². The maximum absolute atomic E-state index is 3.88. The van der Waals surface area contributed by atoms with Gasteiger partial charge in [0.1, 0.15) is 0 Å². The molecule has 0 aromatic heterocycles. The van der Waals surface area contributed by atoms with Crippen molar-refractivity contribution in [2.24, 2.45) is 0 Å². The second-order valence-electron chi connectivity index (χ2n) is 4.05. The van der Waals surface area contributed by atoms with E-state index in [2.05, 4.69) is 49.7 Å². The van der Waals surface area contributed by atoms with Crippen LogP contribution in [-0.2, 0) is 29.3 Å². The number of nitrogens with zero attached hydrogens (tertiary/aromatic N) is 1. The van der Waals surface area contributed by atoms with Crippen LogP contribution in [0.1, 0.15) is 24.0 Å². The van der Waals surface area contributed by atoms with Gasteiger partial charge in [-0.05, 0) is 31.5 Å². The fraction of sp³-hybridized carbons (Fsp3) is 0.462. The molecule has 0 unspecified atom stereocenters. The molecule has 0 N–H and O–H groups in total. The van der Waals surface area contributed by atoms with Crippen molar-refractivity contribution in [3.05, 3.63) is 42.3 Å². The van der Waals surface area contributed by atoms with Crippen molar-refractivity contribution in [1.29, 1.82) is 0 Å². The van der Waals surface area contributed by atoms with Crippen LogP contribution in [0.2, 0.25) is 0 Å². The third kappa shape index (κ3) is 4.65. The molecule has 16 heavy (non-hydrogen) atoms. The summed E-state index contributed by atoms with van der Waals surface area (Å²) in [6.07, 6.45) is 3.64. The summed E-state index contributed by atoms with van der Waals surface area (Å²) in [5.74, 6) is 0. The SMILES string of the molecule is [CH2-]Cc1ccc(CN2CCCC2)cc1.[Zn+][Br]. The molecule has 1 nitrogen and oxygen atoms in total.